The van der Waals surface area contributed by atoms with Gasteiger partial charge in [-0.25, -0.2) is 0 Å². The average molecular weight is 272 g/mol. The van der Waals surface area contributed by atoms with Crippen LogP contribution in [-0.4, -0.2) is 40.0 Å². The van der Waals surface area contributed by atoms with Gasteiger partial charge in [0.1, 0.15) is 0 Å². The summed E-state index contributed by atoms with van der Waals surface area (Å²) in [4.78, 5) is 28.4. The van der Waals surface area contributed by atoms with Gasteiger partial charge in [0.25, 0.3) is 5.91 Å². The average Bonchev–Trinajstić information content (AvgIpc) is 2.90. The molecule has 1 saturated heterocycles. The fraction of sp³-hybridized carbons (Fsp3) is 0.333. The molecule has 104 valence electrons. The van der Waals surface area contributed by atoms with Gasteiger partial charge in [-0.3, -0.25) is 9.59 Å². The van der Waals surface area contributed by atoms with Crippen molar-refractivity contribution in [1.82, 2.24) is 9.88 Å². The molecule has 1 fully saturated rings. The van der Waals surface area contributed by atoms with E-state index in [9.17, 15) is 9.59 Å². The lowest BCUT2D eigenvalue weighted by Crippen LogP contribution is -2.42. The number of carbonyl (C=O) groups is 2. The number of likely N-dealkylation sites (tertiary alicyclic amines) is 1. The van der Waals surface area contributed by atoms with E-state index in [1.165, 1.54) is 0 Å². The number of para-hydroxylation sites is 1. The van der Waals surface area contributed by atoms with Crippen LogP contribution in [-0.2, 0) is 4.79 Å². The summed E-state index contributed by atoms with van der Waals surface area (Å²) in [6.45, 7) is 0.926. The fourth-order valence-corrected chi connectivity index (χ4v) is 2.78. The van der Waals surface area contributed by atoms with E-state index in [-0.39, 0.29) is 5.91 Å². The van der Waals surface area contributed by atoms with Gasteiger partial charge in [-0.2, -0.15) is 0 Å². The Morgan fingerprint density at radius 2 is 2.10 bits per heavy atom. The Hall–Kier alpha value is -2.30. The second-order valence-corrected chi connectivity index (χ2v) is 5.18. The van der Waals surface area contributed by atoms with Crippen molar-refractivity contribution >= 4 is 22.8 Å². The van der Waals surface area contributed by atoms with Crippen molar-refractivity contribution in [2.75, 3.05) is 13.1 Å². The number of piperidine rings is 1. The van der Waals surface area contributed by atoms with Crippen LogP contribution < -0.4 is 0 Å². The van der Waals surface area contributed by atoms with Crippen LogP contribution in [0.3, 0.4) is 0 Å². The van der Waals surface area contributed by atoms with Crippen molar-refractivity contribution in [2.45, 2.75) is 12.8 Å². The van der Waals surface area contributed by atoms with Crippen LogP contribution in [0.4, 0.5) is 0 Å². The first-order chi connectivity index (χ1) is 9.66. The van der Waals surface area contributed by atoms with Gasteiger partial charge in [-0.15, -0.1) is 0 Å². The van der Waals surface area contributed by atoms with E-state index in [0.29, 0.717) is 25.1 Å². The number of rotatable bonds is 2. The molecular formula is C15H16N2O3. The summed E-state index contributed by atoms with van der Waals surface area (Å²) in [7, 11) is 0. The maximum Gasteiger partial charge on any atom is 0.308 e. The molecule has 5 nitrogen and oxygen atoms in total. The third kappa shape index (κ3) is 2.15. The van der Waals surface area contributed by atoms with Crippen LogP contribution in [0.2, 0.25) is 0 Å². The summed E-state index contributed by atoms with van der Waals surface area (Å²) >= 11 is 0. The molecule has 2 aromatic rings. The minimum Gasteiger partial charge on any atom is -0.481 e. The quantitative estimate of drug-likeness (QED) is 0.879. The van der Waals surface area contributed by atoms with Crippen LogP contribution in [0.5, 0.6) is 0 Å². The Labute approximate surface area is 116 Å². The minimum absolute atomic E-state index is 0.0894. The van der Waals surface area contributed by atoms with Gasteiger partial charge in [0.15, 0.2) is 0 Å². The summed E-state index contributed by atoms with van der Waals surface area (Å²) < 4.78 is 0. The number of aromatic amines is 1. The predicted molar refractivity (Wildman–Crippen MR) is 74.6 cm³/mol. The number of hydrogen-bond acceptors (Lipinski definition) is 2. The lowest BCUT2D eigenvalue weighted by Gasteiger charge is -2.30. The zero-order valence-electron chi connectivity index (χ0n) is 11.0. The van der Waals surface area contributed by atoms with Gasteiger partial charge in [-0.1, -0.05) is 18.2 Å². The first-order valence-electron chi connectivity index (χ1n) is 6.75. The van der Waals surface area contributed by atoms with Crippen molar-refractivity contribution in [3.05, 3.63) is 36.0 Å². The molecule has 2 N–H and O–H groups in total. The number of carboxylic acids is 1. The Morgan fingerprint density at radius 3 is 2.90 bits per heavy atom. The fourth-order valence-electron chi connectivity index (χ4n) is 2.78. The maximum atomic E-state index is 12.6. The van der Waals surface area contributed by atoms with Gasteiger partial charge in [0.2, 0.25) is 0 Å². The highest BCUT2D eigenvalue weighted by Crippen LogP contribution is 2.23. The van der Waals surface area contributed by atoms with E-state index in [2.05, 4.69) is 4.98 Å². The molecule has 1 atom stereocenters. The number of H-pyrrole nitrogens is 1. The Bertz CT molecular complexity index is 662. The number of carboxylic acid groups (broad SMARTS) is 1. The molecule has 5 heteroatoms. The van der Waals surface area contributed by atoms with Crippen LogP contribution >= 0.6 is 0 Å². The lowest BCUT2D eigenvalue weighted by molar-refractivity contribution is -0.143. The molecule has 2 heterocycles. The molecule has 1 aromatic heterocycles. The highest BCUT2D eigenvalue weighted by molar-refractivity contribution is 6.06. The molecule has 3 rings (SSSR count). The third-order valence-corrected chi connectivity index (χ3v) is 3.88. The summed E-state index contributed by atoms with van der Waals surface area (Å²) in [6.07, 6.45) is 3.09. The molecule has 1 aromatic carbocycles. The largest absolute Gasteiger partial charge is 0.481 e. The summed E-state index contributed by atoms with van der Waals surface area (Å²) in [5.74, 6) is -1.35. The standard InChI is InChI=1S/C15H16N2O3/c18-14(17-7-3-4-10(9-17)15(19)20)12-8-16-13-6-2-1-5-11(12)13/h1-2,5-6,8,10,16H,3-4,7,9H2,(H,19,20). The van der Waals surface area contributed by atoms with Gasteiger partial charge < -0.3 is 15.0 Å². The Kier molecular flexibility index (Phi) is 3.18. The SMILES string of the molecule is O=C(O)C1CCCN(C(=O)c2c[nH]c3ccccc23)C1. The number of amides is 1. The van der Waals surface area contributed by atoms with Gasteiger partial charge in [0, 0.05) is 30.2 Å². The number of aliphatic carboxylic acids is 1. The molecular weight excluding hydrogens is 256 g/mol. The van der Waals surface area contributed by atoms with Crippen molar-refractivity contribution in [2.24, 2.45) is 5.92 Å². The summed E-state index contributed by atoms with van der Waals surface area (Å²) in [6, 6.07) is 7.62. The molecule has 0 bridgehead atoms. The molecule has 0 spiro atoms. The number of aromatic nitrogens is 1. The second-order valence-electron chi connectivity index (χ2n) is 5.18. The van der Waals surface area contributed by atoms with Crippen LogP contribution in [0.25, 0.3) is 10.9 Å². The summed E-state index contributed by atoms with van der Waals surface area (Å²) in [5.41, 5.74) is 1.54. The van der Waals surface area contributed by atoms with Crippen molar-refractivity contribution < 1.29 is 14.7 Å². The molecule has 20 heavy (non-hydrogen) atoms. The predicted octanol–water partition coefficient (Wildman–Crippen LogP) is 2.10. The number of benzene rings is 1. The minimum atomic E-state index is -0.818. The number of carbonyl (C=O) groups excluding carboxylic acids is 1. The lowest BCUT2D eigenvalue weighted by atomic mass is 9.97. The van der Waals surface area contributed by atoms with Crippen molar-refractivity contribution in [3.8, 4) is 0 Å². The molecule has 1 aliphatic rings. The molecule has 1 amide bonds. The van der Waals surface area contributed by atoms with E-state index >= 15 is 0 Å². The van der Waals surface area contributed by atoms with Crippen molar-refractivity contribution in [3.63, 3.8) is 0 Å². The zero-order valence-corrected chi connectivity index (χ0v) is 11.0. The van der Waals surface area contributed by atoms with Crippen LogP contribution in [0.15, 0.2) is 30.5 Å². The number of hydrogen-bond donors (Lipinski definition) is 2. The Morgan fingerprint density at radius 1 is 1.30 bits per heavy atom. The van der Waals surface area contributed by atoms with E-state index in [1.807, 2.05) is 24.3 Å². The molecule has 0 radical (unpaired) electrons. The topological polar surface area (TPSA) is 73.4 Å². The van der Waals surface area contributed by atoms with Crippen LogP contribution in [0, 0.1) is 5.92 Å². The molecule has 1 aliphatic heterocycles. The highest BCUT2D eigenvalue weighted by Gasteiger charge is 2.29. The monoisotopic (exact) mass is 272 g/mol. The molecule has 0 aliphatic carbocycles. The van der Waals surface area contributed by atoms with E-state index in [4.69, 9.17) is 5.11 Å². The molecule has 1 unspecified atom stereocenters. The zero-order chi connectivity index (χ0) is 14.1. The van der Waals surface area contributed by atoms with Gasteiger partial charge >= 0.3 is 5.97 Å². The molecule has 0 saturated carbocycles. The van der Waals surface area contributed by atoms with Crippen LogP contribution in [0.1, 0.15) is 23.2 Å². The normalized spacial score (nSPS) is 19.2. The highest BCUT2D eigenvalue weighted by atomic mass is 16.4. The van der Waals surface area contributed by atoms with Crippen molar-refractivity contribution in [1.29, 1.82) is 0 Å². The Balaban J connectivity index is 1.87. The number of nitrogens with one attached hydrogen (secondary N) is 1. The third-order valence-electron chi connectivity index (χ3n) is 3.88. The van der Waals surface area contributed by atoms with E-state index in [1.54, 1.807) is 11.1 Å². The van der Waals surface area contributed by atoms with E-state index < -0.39 is 11.9 Å². The summed E-state index contributed by atoms with van der Waals surface area (Å²) in [5, 5.41) is 9.98. The maximum absolute atomic E-state index is 12.6. The number of fused-ring (bicyclic) bond motifs is 1. The smallest absolute Gasteiger partial charge is 0.308 e. The second kappa shape index (κ2) is 5.00. The van der Waals surface area contributed by atoms with Gasteiger partial charge in [-0.05, 0) is 18.9 Å². The van der Waals surface area contributed by atoms with Gasteiger partial charge in [0.05, 0.1) is 11.5 Å². The first-order valence-corrected chi connectivity index (χ1v) is 6.75. The number of nitrogens with zero attached hydrogens (tertiary/aromatic N) is 1. The first kappa shape index (κ1) is 12.7. The van der Waals surface area contributed by atoms with E-state index in [0.717, 1.165) is 17.3 Å².